The number of rotatable bonds is 4. The number of likely N-dealkylation sites (tertiary alicyclic amines) is 1. The van der Waals surface area contributed by atoms with Crippen molar-refractivity contribution < 1.29 is 14.0 Å². The zero-order valence-electron chi connectivity index (χ0n) is 13.2. The molecule has 1 N–H and O–H groups in total. The van der Waals surface area contributed by atoms with E-state index in [4.69, 9.17) is 0 Å². The maximum Gasteiger partial charge on any atom is 0.263 e. The summed E-state index contributed by atoms with van der Waals surface area (Å²) in [7, 11) is 0. The first-order chi connectivity index (χ1) is 11.6. The van der Waals surface area contributed by atoms with Gasteiger partial charge in [-0.2, -0.15) is 0 Å². The molecule has 1 aliphatic heterocycles. The topological polar surface area (TPSA) is 49.4 Å². The standard InChI is InChI=1S/C18H19FN2O2S/c19-15-7-2-1-5-13(15)11-20-17(22)14-6-3-9-21(12-14)18(23)16-8-4-10-24-16/h1-2,4-5,7-8,10,14H,3,6,9,11-12H2,(H,20,22). The molecular weight excluding hydrogens is 327 g/mol. The molecule has 0 saturated carbocycles. The highest BCUT2D eigenvalue weighted by molar-refractivity contribution is 7.12. The lowest BCUT2D eigenvalue weighted by Crippen LogP contribution is -2.45. The molecule has 2 aromatic rings. The van der Waals surface area contributed by atoms with Crippen molar-refractivity contribution in [2.24, 2.45) is 5.92 Å². The number of carbonyl (C=O) groups excluding carboxylic acids is 2. The molecule has 1 fully saturated rings. The summed E-state index contributed by atoms with van der Waals surface area (Å²) in [5.41, 5.74) is 0.466. The van der Waals surface area contributed by atoms with Crippen molar-refractivity contribution in [2.75, 3.05) is 13.1 Å². The summed E-state index contributed by atoms with van der Waals surface area (Å²) in [5, 5.41) is 4.66. The average Bonchev–Trinajstić information content (AvgIpc) is 3.15. The molecule has 126 valence electrons. The second-order valence-electron chi connectivity index (χ2n) is 5.88. The third-order valence-corrected chi connectivity index (χ3v) is 5.08. The highest BCUT2D eigenvalue weighted by Gasteiger charge is 2.29. The Labute approximate surface area is 144 Å². The van der Waals surface area contributed by atoms with Crippen molar-refractivity contribution in [3.8, 4) is 0 Å². The van der Waals surface area contributed by atoms with Crippen molar-refractivity contribution in [1.82, 2.24) is 10.2 Å². The molecule has 4 nitrogen and oxygen atoms in total. The zero-order chi connectivity index (χ0) is 16.9. The molecule has 3 rings (SSSR count). The molecule has 1 unspecified atom stereocenters. The lowest BCUT2D eigenvalue weighted by Gasteiger charge is -2.31. The Morgan fingerprint density at radius 1 is 1.25 bits per heavy atom. The molecule has 1 aliphatic rings. The summed E-state index contributed by atoms with van der Waals surface area (Å²) in [6.45, 7) is 1.26. The third-order valence-electron chi connectivity index (χ3n) is 4.22. The first-order valence-corrected chi connectivity index (χ1v) is 8.87. The smallest absolute Gasteiger partial charge is 0.263 e. The Kier molecular flexibility index (Phi) is 5.25. The predicted octanol–water partition coefficient (Wildman–Crippen LogP) is 3.06. The SMILES string of the molecule is O=C(NCc1ccccc1F)C1CCCN(C(=O)c2cccs2)C1. The van der Waals surface area contributed by atoms with Crippen LogP contribution in [-0.4, -0.2) is 29.8 Å². The van der Waals surface area contributed by atoms with E-state index in [0.717, 1.165) is 12.8 Å². The van der Waals surface area contributed by atoms with Crippen LogP contribution in [0.25, 0.3) is 0 Å². The Bertz CT molecular complexity index is 718. The molecule has 0 bridgehead atoms. The van der Waals surface area contributed by atoms with Gasteiger partial charge in [-0.15, -0.1) is 11.3 Å². The first-order valence-electron chi connectivity index (χ1n) is 7.99. The largest absolute Gasteiger partial charge is 0.352 e. The molecular formula is C18H19FN2O2S. The maximum atomic E-state index is 13.6. The van der Waals surface area contributed by atoms with E-state index >= 15 is 0 Å². The molecule has 0 spiro atoms. The monoisotopic (exact) mass is 346 g/mol. The van der Waals surface area contributed by atoms with E-state index in [-0.39, 0.29) is 30.1 Å². The first kappa shape index (κ1) is 16.6. The molecule has 0 radical (unpaired) electrons. The van der Waals surface area contributed by atoms with E-state index in [1.165, 1.54) is 17.4 Å². The lowest BCUT2D eigenvalue weighted by atomic mass is 9.97. The molecule has 2 amide bonds. The molecule has 1 aromatic heterocycles. The normalized spacial score (nSPS) is 17.5. The number of nitrogens with one attached hydrogen (secondary N) is 1. The molecule has 6 heteroatoms. The quantitative estimate of drug-likeness (QED) is 0.925. The lowest BCUT2D eigenvalue weighted by molar-refractivity contribution is -0.126. The van der Waals surface area contributed by atoms with Gasteiger partial charge in [-0.1, -0.05) is 24.3 Å². The van der Waals surface area contributed by atoms with Crippen LogP contribution in [0.4, 0.5) is 4.39 Å². The Morgan fingerprint density at radius 2 is 2.08 bits per heavy atom. The van der Waals surface area contributed by atoms with Crippen LogP contribution in [0.3, 0.4) is 0 Å². The van der Waals surface area contributed by atoms with Crippen LogP contribution >= 0.6 is 11.3 Å². The minimum absolute atomic E-state index is 0.0170. The van der Waals surface area contributed by atoms with Gasteiger partial charge in [0.05, 0.1) is 10.8 Å². The highest BCUT2D eigenvalue weighted by Crippen LogP contribution is 2.21. The number of piperidine rings is 1. The van der Waals surface area contributed by atoms with Crippen molar-refractivity contribution in [3.63, 3.8) is 0 Å². The van der Waals surface area contributed by atoms with Gasteiger partial charge < -0.3 is 10.2 Å². The second kappa shape index (κ2) is 7.57. The number of amides is 2. The van der Waals surface area contributed by atoms with Crippen molar-refractivity contribution >= 4 is 23.2 Å². The maximum absolute atomic E-state index is 13.6. The highest BCUT2D eigenvalue weighted by atomic mass is 32.1. The van der Waals surface area contributed by atoms with Gasteiger partial charge in [0.15, 0.2) is 0 Å². The van der Waals surface area contributed by atoms with Crippen LogP contribution in [0.2, 0.25) is 0 Å². The van der Waals surface area contributed by atoms with Crippen molar-refractivity contribution in [1.29, 1.82) is 0 Å². The van der Waals surface area contributed by atoms with E-state index < -0.39 is 0 Å². The van der Waals surface area contributed by atoms with E-state index in [2.05, 4.69) is 5.32 Å². The summed E-state index contributed by atoms with van der Waals surface area (Å²) in [6, 6.07) is 10.0. The van der Waals surface area contributed by atoms with Gasteiger partial charge in [0.25, 0.3) is 5.91 Å². The van der Waals surface area contributed by atoms with E-state index in [1.54, 1.807) is 29.2 Å². The number of benzene rings is 1. The minimum Gasteiger partial charge on any atom is -0.352 e. The molecule has 1 aromatic carbocycles. The van der Waals surface area contributed by atoms with Gasteiger partial charge >= 0.3 is 0 Å². The number of hydrogen-bond acceptors (Lipinski definition) is 3. The van der Waals surface area contributed by atoms with E-state index in [9.17, 15) is 14.0 Å². The van der Waals surface area contributed by atoms with Crippen molar-refractivity contribution in [3.05, 3.63) is 58.0 Å². The summed E-state index contributed by atoms with van der Waals surface area (Å²) in [4.78, 5) is 27.2. The van der Waals surface area contributed by atoms with Gasteiger partial charge in [-0.3, -0.25) is 9.59 Å². The molecule has 2 heterocycles. The summed E-state index contributed by atoms with van der Waals surface area (Å²) >= 11 is 1.41. The molecule has 24 heavy (non-hydrogen) atoms. The summed E-state index contributed by atoms with van der Waals surface area (Å²) in [6.07, 6.45) is 1.55. The van der Waals surface area contributed by atoms with Crippen LogP contribution in [0.15, 0.2) is 41.8 Å². The van der Waals surface area contributed by atoms with Gasteiger partial charge in [-0.05, 0) is 30.4 Å². The average molecular weight is 346 g/mol. The Balaban J connectivity index is 1.57. The summed E-state index contributed by atoms with van der Waals surface area (Å²) in [5.74, 6) is -0.705. The second-order valence-corrected chi connectivity index (χ2v) is 6.82. The van der Waals surface area contributed by atoms with Gasteiger partial charge in [0.1, 0.15) is 5.82 Å². The summed E-state index contributed by atoms with van der Waals surface area (Å²) < 4.78 is 13.6. The van der Waals surface area contributed by atoms with Crippen LogP contribution in [0.5, 0.6) is 0 Å². The van der Waals surface area contributed by atoms with Crippen LogP contribution < -0.4 is 5.32 Å². The third kappa shape index (κ3) is 3.82. The number of hydrogen-bond donors (Lipinski definition) is 1. The van der Waals surface area contributed by atoms with Gasteiger partial charge in [0.2, 0.25) is 5.91 Å². The fraction of sp³-hybridized carbons (Fsp3) is 0.333. The number of nitrogens with zero attached hydrogens (tertiary/aromatic N) is 1. The number of carbonyl (C=O) groups is 2. The van der Waals surface area contributed by atoms with E-state index in [1.807, 2.05) is 11.4 Å². The van der Waals surface area contributed by atoms with Crippen LogP contribution in [0, 0.1) is 11.7 Å². The van der Waals surface area contributed by atoms with Gasteiger partial charge in [0, 0.05) is 25.2 Å². The number of thiophene rings is 1. The van der Waals surface area contributed by atoms with Crippen molar-refractivity contribution in [2.45, 2.75) is 19.4 Å². The van der Waals surface area contributed by atoms with Crippen LogP contribution in [0.1, 0.15) is 28.1 Å². The Hall–Kier alpha value is -2.21. The Morgan fingerprint density at radius 3 is 2.83 bits per heavy atom. The minimum atomic E-state index is -0.323. The van der Waals surface area contributed by atoms with E-state index in [0.29, 0.717) is 23.5 Å². The molecule has 1 saturated heterocycles. The molecule has 0 aliphatic carbocycles. The van der Waals surface area contributed by atoms with Crippen LogP contribution in [-0.2, 0) is 11.3 Å². The fourth-order valence-electron chi connectivity index (χ4n) is 2.90. The predicted molar refractivity (Wildman–Crippen MR) is 91.2 cm³/mol. The zero-order valence-corrected chi connectivity index (χ0v) is 14.0. The number of halogens is 1. The fourth-order valence-corrected chi connectivity index (χ4v) is 3.59. The van der Waals surface area contributed by atoms with Gasteiger partial charge in [-0.25, -0.2) is 4.39 Å². The molecule has 1 atom stereocenters.